The molecule has 1 atom stereocenters. The fourth-order valence-corrected chi connectivity index (χ4v) is 5.29. The van der Waals surface area contributed by atoms with E-state index in [0.29, 0.717) is 40.4 Å². The number of sulfone groups is 1. The molecule has 0 spiro atoms. The van der Waals surface area contributed by atoms with E-state index < -0.39 is 9.84 Å². The number of anilines is 1. The van der Waals surface area contributed by atoms with Crippen LogP contribution in [0, 0.1) is 5.92 Å². The molecule has 0 saturated heterocycles. The van der Waals surface area contributed by atoms with Crippen molar-refractivity contribution in [3.05, 3.63) is 82.1 Å². The lowest BCUT2D eigenvalue weighted by atomic mass is 9.82. The van der Waals surface area contributed by atoms with Crippen molar-refractivity contribution in [2.75, 3.05) is 17.2 Å². The van der Waals surface area contributed by atoms with Gasteiger partial charge in [0.05, 0.1) is 28.1 Å². The summed E-state index contributed by atoms with van der Waals surface area (Å²) < 4.78 is 24.0. The summed E-state index contributed by atoms with van der Waals surface area (Å²) in [5.74, 6) is 1.19. The number of carbonyl (C=O) groups excluding carboxylic acids is 1. The first-order valence-corrected chi connectivity index (χ1v) is 13.7. The number of hydrogen-bond acceptors (Lipinski definition) is 6. The molecule has 4 rings (SSSR count). The number of nitrogens with one attached hydrogen (secondary N) is 1. The molecule has 2 heterocycles. The van der Waals surface area contributed by atoms with Gasteiger partial charge in [-0.15, -0.1) is 0 Å². The molecule has 184 valence electrons. The molecule has 0 fully saturated rings. The first-order chi connectivity index (χ1) is 16.7. The zero-order valence-electron chi connectivity index (χ0n) is 20.0. The number of carbonyl (C=O) groups is 1. The average molecular weight is 513 g/mol. The molecule has 35 heavy (non-hydrogen) atoms. The van der Waals surface area contributed by atoms with Crippen LogP contribution in [-0.2, 0) is 22.9 Å². The van der Waals surface area contributed by atoms with Gasteiger partial charge >= 0.3 is 0 Å². The van der Waals surface area contributed by atoms with E-state index in [1.165, 1.54) is 5.56 Å². The summed E-state index contributed by atoms with van der Waals surface area (Å²) in [6, 6.07) is 12.5. The molecule has 7 nitrogen and oxygen atoms in total. The van der Waals surface area contributed by atoms with Gasteiger partial charge in [-0.3, -0.25) is 4.79 Å². The number of aromatic nitrogens is 2. The average Bonchev–Trinajstić information content (AvgIpc) is 2.86. The molecule has 1 aliphatic rings. The molecular formula is C26H29ClN4O3S. The predicted molar refractivity (Wildman–Crippen MR) is 137 cm³/mol. The van der Waals surface area contributed by atoms with E-state index in [1.807, 2.05) is 12.1 Å². The molecule has 9 heteroatoms. The Labute approximate surface area is 211 Å². The minimum Gasteiger partial charge on any atom is -0.348 e. The Balaban J connectivity index is 1.50. The predicted octanol–water partition coefficient (Wildman–Crippen LogP) is 4.61. The minimum atomic E-state index is -3.24. The van der Waals surface area contributed by atoms with Crippen molar-refractivity contribution in [2.24, 2.45) is 5.92 Å². The second kappa shape index (κ2) is 10.3. The molecule has 2 aromatic carbocycles. The maximum Gasteiger partial charge on any atom is 0.251 e. The molecule has 1 amide bonds. The van der Waals surface area contributed by atoms with Crippen LogP contribution in [-0.4, -0.2) is 36.6 Å². The second-order valence-electron chi connectivity index (χ2n) is 9.08. The topological polar surface area (TPSA) is 92.3 Å². The molecule has 0 unspecified atom stereocenters. The Morgan fingerprint density at radius 1 is 1.14 bits per heavy atom. The van der Waals surface area contributed by atoms with Gasteiger partial charge in [-0.25, -0.2) is 18.4 Å². The van der Waals surface area contributed by atoms with Crippen LogP contribution >= 0.6 is 11.6 Å². The van der Waals surface area contributed by atoms with E-state index >= 15 is 0 Å². The summed E-state index contributed by atoms with van der Waals surface area (Å²) in [6.07, 6.45) is 3.19. The van der Waals surface area contributed by atoms with Gasteiger partial charge in [0.25, 0.3) is 5.91 Å². The van der Waals surface area contributed by atoms with E-state index in [-0.39, 0.29) is 17.6 Å². The van der Waals surface area contributed by atoms with E-state index in [4.69, 9.17) is 11.6 Å². The Kier molecular flexibility index (Phi) is 7.42. The number of halogens is 1. The number of nitrogens with zero attached hydrogens (tertiary/aromatic N) is 3. The molecule has 0 saturated carbocycles. The fraction of sp³-hybridized carbons (Fsp3) is 0.346. The molecule has 0 aliphatic carbocycles. The Morgan fingerprint density at radius 3 is 2.46 bits per heavy atom. The third-order valence-corrected chi connectivity index (χ3v) is 8.34. The number of fused-ring (bicyclic) bond motifs is 1. The zero-order valence-corrected chi connectivity index (χ0v) is 21.6. The van der Waals surface area contributed by atoms with Gasteiger partial charge in [0.15, 0.2) is 9.84 Å². The largest absolute Gasteiger partial charge is 0.348 e. The highest BCUT2D eigenvalue weighted by Crippen LogP contribution is 2.35. The van der Waals surface area contributed by atoms with Gasteiger partial charge in [0.2, 0.25) is 5.95 Å². The van der Waals surface area contributed by atoms with E-state index in [2.05, 4.69) is 40.1 Å². The van der Waals surface area contributed by atoms with Gasteiger partial charge in [-0.2, -0.15) is 0 Å². The number of benzene rings is 2. The van der Waals surface area contributed by atoms with Crippen LogP contribution in [0.2, 0.25) is 5.02 Å². The summed E-state index contributed by atoms with van der Waals surface area (Å²) in [5.41, 5.74) is 3.73. The Hall–Kier alpha value is -2.97. The normalized spacial score (nSPS) is 15.7. The van der Waals surface area contributed by atoms with Crippen molar-refractivity contribution < 1.29 is 13.2 Å². The Morgan fingerprint density at radius 2 is 1.83 bits per heavy atom. The monoisotopic (exact) mass is 512 g/mol. The van der Waals surface area contributed by atoms with Crippen molar-refractivity contribution in [2.45, 2.75) is 44.7 Å². The lowest BCUT2D eigenvalue weighted by Crippen LogP contribution is -2.37. The van der Waals surface area contributed by atoms with Crippen molar-refractivity contribution in [1.82, 2.24) is 15.3 Å². The molecular weight excluding hydrogens is 484 g/mol. The molecule has 3 aromatic rings. The Bertz CT molecular complexity index is 1310. The number of rotatable bonds is 7. The third kappa shape index (κ3) is 5.65. The SMILES string of the molecule is CCS(=O)(=O)c1ccc(CNC(=O)c2ccc3c(c2)CN(c2ncc(Cl)cn2)C[C@@H]3C(C)C)cc1. The van der Waals surface area contributed by atoms with E-state index in [9.17, 15) is 13.2 Å². The summed E-state index contributed by atoms with van der Waals surface area (Å²) in [4.78, 5) is 24.1. The van der Waals surface area contributed by atoms with E-state index in [1.54, 1.807) is 43.6 Å². The fourth-order valence-electron chi connectivity index (χ4n) is 4.31. The lowest BCUT2D eigenvalue weighted by molar-refractivity contribution is 0.0950. The highest BCUT2D eigenvalue weighted by molar-refractivity contribution is 7.91. The molecule has 0 radical (unpaired) electrons. The quantitative estimate of drug-likeness (QED) is 0.497. The number of hydrogen-bond donors (Lipinski definition) is 1. The van der Waals surface area contributed by atoms with Crippen molar-refractivity contribution in [1.29, 1.82) is 0 Å². The summed E-state index contributed by atoms with van der Waals surface area (Å²) >= 11 is 5.96. The molecule has 1 N–H and O–H groups in total. The first kappa shape index (κ1) is 25.1. The van der Waals surface area contributed by atoms with Gasteiger partial charge in [-0.05, 0) is 46.9 Å². The van der Waals surface area contributed by atoms with Crippen molar-refractivity contribution >= 4 is 33.3 Å². The highest BCUT2D eigenvalue weighted by Gasteiger charge is 2.29. The number of amides is 1. The van der Waals surface area contributed by atoms with Crippen molar-refractivity contribution in [3.8, 4) is 0 Å². The van der Waals surface area contributed by atoms with Gasteiger partial charge < -0.3 is 10.2 Å². The highest BCUT2D eigenvalue weighted by atomic mass is 35.5. The van der Waals surface area contributed by atoms with Crippen LogP contribution in [0.3, 0.4) is 0 Å². The zero-order chi connectivity index (χ0) is 25.2. The smallest absolute Gasteiger partial charge is 0.251 e. The molecule has 1 aliphatic heterocycles. The maximum atomic E-state index is 12.9. The summed E-state index contributed by atoms with van der Waals surface area (Å²) in [5, 5.41) is 3.43. The summed E-state index contributed by atoms with van der Waals surface area (Å²) in [7, 11) is -3.24. The van der Waals surface area contributed by atoms with Crippen LogP contribution in [0.5, 0.6) is 0 Å². The first-order valence-electron chi connectivity index (χ1n) is 11.6. The van der Waals surface area contributed by atoms with Crippen LogP contribution in [0.4, 0.5) is 5.95 Å². The maximum absolute atomic E-state index is 12.9. The summed E-state index contributed by atoms with van der Waals surface area (Å²) in [6.45, 7) is 7.71. The van der Waals surface area contributed by atoms with Gasteiger partial charge in [-0.1, -0.05) is 50.6 Å². The van der Waals surface area contributed by atoms with Crippen molar-refractivity contribution in [3.63, 3.8) is 0 Å². The second-order valence-corrected chi connectivity index (χ2v) is 11.8. The van der Waals surface area contributed by atoms with Gasteiger partial charge in [0, 0.05) is 31.1 Å². The molecule has 0 bridgehead atoms. The van der Waals surface area contributed by atoms with Crippen LogP contribution in [0.1, 0.15) is 53.7 Å². The van der Waals surface area contributed by atoms with Gasteiger partial charge in [0.1, 0.15) is 0 Å². The third-order valence-electron chi connectivity index (χ3n) is 6.39. The minimum absolute atomic E-state index is 0.0562. The molecule has 1 aromatic heterocycles. The van der Waals surface area contributed by atoms with Crippen LogP contribution in [0.25, 0.3) is 0 Å². The van der Waals surface area contributed by atoms with E-state index in [0.717, 1.165) is 17.7 Å². The van der Waals surface area contributed by atoms with Crippen LogP contribution in [0.15, 0.2) is 59.8 Å². The standard InChI is InChI=1S/C26H29ClN4O3S/c1-4-35(33,34)22-8-5-18(6-9-22)12-28-25(32)19-7-10-23-20(11-19)15-31(16-24(23)17(2)3)26-29-13-21(27)14-30-26/h5-11,13-14,17,24H,4,12,15-16H2,1-3H3,(H,28,32)/t24-/m1/s1. The lowest BCUT2D eigenvalue weighted by Gasteiger charge is -2.37. The van der Waals surface area contributed by atoms with Crippen LogP contribution < -0.4 is 10.2 Å².